The number of Topliss-reactive ketones (excluding diaryl/α,β-unsaturated/α-hetero) is 1. The van der Waals surface area contributed by atoms with Crippen LogP contribution in [-0.4, -0.2) is 23.8 Å². The van der Waals surface area contributed by atoms with Crippen molar-refractivity contribution in [3.05, 3.63) is 34.4 Å². The normalized spacial score (nSPS) is 20.9. The van der Waals surface area contributed by atoms with E-state index in [1.807, 2.05) is 0 Å². The highest BCUT2D eigenvalue weighted by Gasteiger charge is 2.52. The van der Waals surface area contributed by atoms with Crippen LogP contribution in [0.5, 0.6) is 0 Å². The van der Waals surface area contributed by atoms with Crippen LogP contribution in [0, 0.1) is 15.5 Å². The highest BCUT2D eigenvalue weighted by molar-refractivity contribution is 5.87. The quantitative estimate of drug-likeness (QED) is 0.575. The molecule has 1 spiro atoms. The summed E-state index contributed by atoms with van der Waals surface area (Å²) in [5.74, 6) is 0.355. The second-order valence-electron chi connectivity index (χ2n) is 5.02. The first-order valence-corrected chi connectivity index (χ1v) is 5.59. The molecule has 0 amide bonds. The van der Waals surface area contributed by atoms with Gasteiger partial charge in [0.1, 0.15) is 5.78 Å². The molecular formula is C12H12N2O3. The molecular weight excluding hydrogens is 220 g/mol. The summed E-state index contributed by atoms with van der Waals surface area (Å²) in [4.78, 5) is 23.3. The molecule has 1 saturated heterocycles. The van der Waals surface area contributed by atoms with E-state index in [0.717, 1.165) is 18.8 Å². The fraction of sp³-hybridized carbons (Fsp3) is 0.417. The molecule has 0 N–H and O–H groups in total. The molecule has 0 atom stereocenters. The van der Waals surface area contributed by atoms with Gasteiger partial charge in [-0.15, -0.1) is 0 Å². The summed E-state index contributed by atoms with van der Waals surface area (Å²) in [7, 11) is 0. The van der Waals surface area contributed by atoms with Crippen molar-refractivity contribution >= 4 is 17.2 Å². The predicted molar refractivity (Wildman–Crippen MR) is 62.0 cm³/mol. The Morgan fingerprint density at radius 2 is 1.76 bits per heavy atom. The third-order valence-electron chi connectivity index (χ3n) is 3.62. The number of rotatable bonds is 2. The van der Waals surface area contributed by atoms with E-state index >= 15 is 0 Å². The lowest BCUT2D eigenvalue weighted by atomic mass is 9.62. The molecule has 1 aromatic carbocycles. The van der Waals surface area contributed by atoms with Crippen LogP contribution < -0.4 is 4.90 Å². The van der Waals surface area contributed by atoms with Gasteiger partial charge >= 0.3 is 0 Å². The Labute approximate surface area is 98.2 Å². The maximum atomic E-state index is 11.0. The summed E-state index contributed by atoms with van der Waals surface area (Å²) in [6, 6.07) is 6.58. The van der Waals surface area contributed by atoms with Gasteiger partial charge in [-0.05, 0) is 12.1 Å². The fourth-order valence-electron chi connectivity index (χ4n) is 2.74. The van der Waals surface area contributed by atoms with Gasteiger partial charge in [-0.2, -0.15) is 0 Å². The van der Waals surface area contributed by atoms with E-state index in [2.05, 4.69) is 4.90 Å². The maximum Gasteiger partial charge on any atom is 0.269 e. The van der Waals surface area contributed by atoms with E-state index in [9.17, 15) is 14.9 Å². The fourth-order valence-corrected chi connectivity index (χ4v) is 2.74. The van der Waals surface area contributed by atoms with Crippen molar-refractivity contribution in [2.75, 3.05) is 18.0 Å². The number of nitrogens with zero attached hydrogens (tertiary/aromatic N) is 2. The average molecular weight is 232 g/mol. The number of carbonyl (C=O) groups is 1. The number of anilines is 1. The first-order chi connectivity index (χ1) is 8.08. The number of hydrogen-bond donors (Lipinski definition) is 0. The summed E-state index contributed by atoms with van der Waals surface area (Å²) in [5.41, 5.74) is 1.34. The van der Waals surface area contributed by atoms with Crippen LogP contribution in [0.4, 0.5) is 11.4 Å². The Kier molecular flexibility index (Phi) is 1.98. The number of nitro benzene ring substituents is 1. The van der Waals surface area contributed by atoms with Gasteiger partial charge in [-0.1, -0.05) is 0 Å². The van der Waals surface area contributed by atoms with Crippen LogP contribution >= 0.6 is 0 Å². The number of non-ortho nitro benzene ring substituents is 1. The van der Waals surface area contributed by atoms with E-state index < -0.39 is 4.92 Å². The minimum atomic E-state index is -0.397. The standard InChI is InChI=1S/C12H12N2O3/c15-11-5-12(6-11)7-13(8-12)9-1-3-10(4-2-9)14(16)17/h1-4H,5-8H2. The minimum absolute atomic E-state index is 0.114. The molecule has 1 aromatic rings. The summed E-state index contributed by atoms with van der Waals surface area (Å²) < 4.78 is 0. The molecule has 0 unspecified atom stereocenters. The average Bonchev–Trinajstić information content (AvgIpc) is 2.21. The number of benzene rings is 1. The van der Waals surface area contributed by atoms with Crippen LogP contribution in [0.1, 0.15) is 12.8 Å². The molecule has 3 rings (SSSR count). The number of carbonyl (C=O) groups excluding carboxylic acids is 1. The number of ketones is 1. The van der Waals surface area contributed by atoms with Gasteiger partial charge in [0.25, 0.3) is 5.69 Å². The molecule has 5 heteroatoms. The first-order valence-electron chi connectivity index (χ1n) is 5.59. The van der Waals surface area contributed by atoms with E-state index in [-0.39, 0.29) is 11.1 Å². The molecule has 1 aliphatic heterocycles. The van der Waals surface area contributed by atoms with Gasteiger partial charge in [-0.25, -0.2) is 0 Å². The molecule has 0 aromatic heterocycles. The smallest absolute Gasteiger partial charge is 0.269 e. The van der Waals surface area contributed by atoms with E-state index in [1.165, 1.54) is 12.1 Å². The van der Waals surface area contributed by atoms with E-state index in [0.29, 0.717) is 18.6 Å². The van der Waals surface area contributed by atoms with E-state index in [1.54, 1.807) is 12.1 Å². The lowest BCUT2D eigenvalue weighted by molar-refractivity contribution is -0.384. The number of nitro groups is 1. The molecule has 5 nitrogen and oxygen atoms in total. The van der Waals surface area contributed by atoms with Gasteiger partial charge in [0.2, 0.25) is 0 Å². The van der Waals surface area contributed by atoms with Crippen molar-refractivity contribution in [2.24, 2.45) is 5.41 Å². The van der Waals surface area contributed by atoms with Crippen LogP contribution in [0.2, 0.25) is 0 Å². The molecule has 1 heterocycles. The number of hydrogen-bond acceptors (Lipinski definition) is 4. The molecule has 17 heavy (non-hydrogen) atoms. The summed E-state index contributed by atoms with van der Waals surface area (Å²) in [6.07, 6.45) is 1.41. The Morgan fingerprint density at radius 1 is 1.18 bits per heavy atom. The Hall–Kier alpha value is -1.91. The summed E-state index contributed by atoms with van der Waals surface area (Å²) in [5, 5.41) is 10.5. The summed E-state index contributed by atoms with van der Waals surface area (Å²) in [6.45, 7) is 1.80. The third kappa shape index (κ3) is 1.58. The highest BCUT2D eigenvalue weighted by atomic mass is 16.6. The van der Waals surface area contributed by atoms with Gasteiger partial charge in [0.15, 0.2) is 0 Å². The van der Waals surface area contributed by atoms with E-state index in [4.69, 9.17) is 0 Å². The van der Waals surface area contributed by atoms with Crippen LogP contribution in [-0.2, 0) is 4.79 Å². The zero-order chi connectivity index (χ0) is 12.0. The molecule has 2 fully saturated rings. The van der Waals surface area contributed by atoms with Crippen molar-refractivity contribution in [3.63, 3.8) is 0 Å². The molecule has 0 bridgehead atoms. The third-order valence-corrected chi connectivity index (χ3v) is 3.62. The Morgan fingerprint density at radius 3 is 2.24 bits per heavy atom. The van der Waals surface area contributed by atoms with Gasteiger partial charge in [0.05, 0.1) is 4.92 Å². The zero-order valence-corrected chi connectivity index (χ0v) is 9.26. The van der Waals surface area contributed by atoms with Crippen molar-refractivity contribution in [1.82, 2.24) is 0 Å². The predicted octanol–water partition coefficient (Wildman–Crippen LogP) is 1.76. The van der Waals surface area contributed by atoms with Crippen molar-refractivity contribution in [2.45, 2.75) is 12.8 Å². The largest absolute Gasteiger partial charge is 0.370 e. The Bertz CT molecular complexity index is 479. The Balaban J connectivity index is 1.67. The topological polar surface area (TPSA) is 63.5 Å². The SMILES string of the molecule is O=C1CC2(C1)CN(c1ccc([N+](=O)[O-])cc1)C2. The maximum absolute atomic E-state index is 11.0. The van der Waals surface area contributed by atoms with Gasteiger partial charge in [-0.3, -0.25) is 14.9 Å². The minimum Gasteiger partial charge on any atom is -0.370 e. The van der Waals surface area contributed by atoms with Crippen LogP contribution in [0.25, 0.3) is 0 Å². The van der Waals surface area contributed by atoms with Crippen molar-refractivity contribution in [1.29, 1.82) is 0 Å². The highest BCUT2D eigenvalue weighted by Crippen LogP contribution is 2.47. The van der Waals surface area contributed by atoms with Crippen molar-refractivity contribution in [3.8, 4) is 0 Å². The van der Waals surface area contributed by atoms with Crippen LogP contribution in [0.15, 0.2) is 24.3 Å². The molecule has 1 saturated carbocycles. The lowest BCUT2D eigenvalue weighted by Gasteiger charge is -2.55. The summed E-state index contributed by atoms with van der Waals surface area (Å²) >= 11 is 0. The molecule has 1 aliphatic carbocycles. The van der Waals surface area contributed by atoms with Crippen molar-refractivity contribution < 1.29 is 9.72 Å². The van der Waals surface area contributed by atoms with Gasteiger partial charge in [0, 0.05) is 49.2 Å². The second-order valence-corrected chi connectivity index (χ2v) is 5.02. The monoisotopic (exact) mass is 232 g/mol. The first kappa shape index (κ1) is 10.3. The zero-order valence-electron chi connectivity index (χ0n) is 9.26. The molecule has 88 valence electrons. The van der Waals surface area contributed by atoms with Gasteiger partial charge < -0.3 is 4.90 Å². The van der Waals surface area contributed by atoms with Crippen LogP contribution in [0.3, 0.4) is 0 Å². The molecule has 2 aliphatic rings. The molecule has 0 radical (unpaired) electrons. The lowest BCUT2D eigenvalue weighted by Crippen LogP contribution is -2.62. The second kappa shape index (κ2) is 3.29.